The van der Waals surface area contributed by atoms with Crippen molar-refractivity contribution in [3.05, 3.63) is 65.9 Å². The lowest BCUT2D eigenvalue weighted by Gasteiger charge is -2.14. The van der Waals surface area contributed by atoms with Crippen molar-refractivity contribution in [2.45, 2.75) is 12.7 Å². The summed E-state index contributed by atoms with van der Waals surface area (Å²) in [6.45, 7) is -2.99. The summed E-state index contributed by atoms with van der Waals surface area (Å²) in [6.07, 6.45) is 0.742. The Hall–Kier alpha value is -2.93. The number of hydrogen-bond acceptors (Lipinski definition) is 3. The van der Waals surface area contributed by atoms with Crippen molar-refractivity contribution in [2.75, 3.05) is 6.54 Å². The average Bonchev–Trinajstić information content (AvgIpc) is 3.06. The predicted octanol–water partition coefficient (Wildman–Crippen LogP) is 3.23. The maximum atomic E-state index is 12.2. The van der Waals surface area contributed by atoms with Crippen molar-refractivity contribution < 1.29 is 23.4 Å². The largest absolute Gasteiger partial charge is 0.435 e. The number of carbonyl (C=O) groups is 1. The summed E-state index contributed by atoms with van der Waals surface area (Å²) >= 11 is 0. The highest BCUT2D eigenvalue weighted by molar-refractivity contribution is 5.98. The normalized spacial score (nSPS) is 12.3. The van der Waals surface area contributed by atoms with Crippen LogP contribution < -0.4 is 10.1 Å². The van der Waals surface area contributed by atoms with Crippen LogP contribution in [0.2, 0.25) is 0 Å². The van der Waals surface area contributed by atoms with Crippen LogP contribution in [0.5, 0.6) is 5.75 Å². The molecule has 1 aromatic heterocycles. The number of hydrogen-bond donors (Lipinski definition) is 3. The Balaban J connectivity index is 1.63. The molecule has 1 unspecified atom stereocenters. The van der Waals surface area contributed by atoms with E-state index in [-0.39, 0.29) is 18.2 Å². The fourth-order valence-corrected chi connectivity index (χ4v) is 2.50. The molecule has 130 valence electrons. The Kier molecular flexibility index (Phi) is 4.95. The zero-order chi connectivity index (χ0) is 17.8. The van der Waals surface area contributed by atoms with Crippen molar-refractivity contribution >= 4 is 16.8 Å². The minimum Gasteiger partial charge on any atom is -0.435 e. The molecule has 3 rings (SSSR count). The van der Waals surface area contributed by atoms with Crippen LogP contribution in [0, 0.1) is 0 Å². The number of fused-ring (bicyclic) bond motifs is 1. The van der Waals surface area contributed by atoms with Crippen LogP contribution >= 0.6 is 0 Å². The molecule has 0 bridgehead atoms. The summed E-state index contributed by atoms with van der Waals surface area (Å²) in [7, 11) is 0. The summed E-state index contributed by atoms with van der Waals surface area (Å²) < 4.78 is 28.8. The fraction of sp³-hybridized carbons (Fsp3) is 0.167. The number of nitrogens with one attached hydrogen (secondary N) is 2. The SMILES string of the molecule is O=C(NCC(O)c1cccc(OC(F)F)c1)c1ccc2[nH]ccc2c1. The predicted molar refractivity (Wildman–Crippen MR) is 88.7 cm³/mol. The number of ether oxygens (including phenoxy) is 1. The molecule has 0 saturated carbocycles. The highest BCUT2D eigenvalue weighted by atomic mass is 19.3. The van der Waals surface area contributed by atoms with E-state index in [0.717, 1.165) is 10.9 Å². The molecular weight excluding hydrogens is 330 g/mol. The summed E-state index contributed by atoms with van der Waals surface area (Å²) in [5.74, 6) is -0.377. The number of aromatic nitrogens is 1. The van der Waals surface area contributed by atoms with Gasteiger partial charge in [0, 0.05) is 29.2 Å². The number of benzene rings is 2. The Labute approximate surface area is 142 Å². The van der Waals surface area contributed by atoms with E-state index >= 15 is 0 Å². The number of aliphatic hydroxyl groups is 1. The third-order valence-corrected chi connectivity index (χ3v) is 3.74. The van der Waals surface area contributed by atoms with Crippen molar-refractivity contribution in [1.29, 1.82) is 0 Å². The van der Waals surface area contributed by atoms with Gasteiger partial charge in [0.15, 0.2) is 0 Å². The molecule has 2 aromatic carbocycles. The van der Waals surface area contributed by atoms with Crippen LogP contribution in [-0.2, 0) is 0 Å². The molecule has 7 heteroatoms. The van der Waals surface area contributed by atoms with E-state index in [2.05, 4.69) is 15.0 Å². The van der Waals surface area contributed by atoms with Gasteiger partial charge in [-0.05, 0) is 42.0 Å². The van der Waals surface area contributed by atoms with Crippen LogP contribution in [0.4, 0.5) is 8.78 Å². The number of aromatic amines is 1. The fourth-order valence-electron chi connectivity index (χ4n) is 2.50. The van der Waals surface area contributed by atoms with E-state index < -0.39 is 12.7 Å². The summed E-state index contributed by atoms with van der Waals surface area (Å²) in [5, 5.41) is 13.7. The first-order chi connectivity index (χ1) is 12.0. The lowest BCUT2D eigenvalue weighted by atomic mass is 10.1. The van der Waals surface area contributed by atoms with Crippen LogP contribution in [0.25, 0.3) is 10.9 Å². The van der Waals surface area contributed by atoms with Gasteiger partial charge in [-0.3, -0.25) is 4.79 Å². The smallest absolute Gasteiger partial charge is 0.387 e. The molecule has 1 heterocycles. The summed E-state index contributed by atoms with van der Waals surface area (Å²) in [4.78, 5) is 15.2. The van der Waals surface area contributed by atoms with Crippen LogP contribution in [0.1, 0.15) is 22.0 Å². The first kappa shape index (κ1) is 16.9. The zero-order valence-electron chi connectivity index (χ0n) is 13.1. The molecular formula is C18H16F2N2O3. The first-order valence-electron chi connectivity index (χ1n) is 7.61. The molecule has 0 spiro atoms. The Morgan fingerprint density at radius 2 is 2.04 bits per heavy atom. The molecule has 1 amide bonds. The number of carbonyl (C=O) groups excluding carboxylic acids is 1. The van der Waals surface area contributed by atoms with Gasteiger partial charge in [0.25, 0.3) is 5.91 Å². The highest BCUT2D eigenvalue weighted by Gasteiger charge is 2.13. The highest BCUT2D eigenvalue weighted by Crippen LogP contribution is 2.21. The molecule has 3 aromatic rings. The van der Waals surface area contributed by atoms with Gasteiger partial charge in [0.05, 0.1) is 6.10 Å². The quantitative estimate of drug-likeness (QED) is 0.641. The molecule has 1 atom stereocenters. The Morgan fingerprint density at radius 1 is 1.20 bits per heavy atom. The molecule has 5 nitrogen and oxygen atoms in total. The minimum absolute atomic E-state index is 0.0456. The molecule has 0 saturated heterocycles. The minimum atomic E-state index is -2.93. The standard InChI is InChI=1S/C18H16F2N2O3/c19-18(20)25-14-3-1-2-12(9-14)16(23)10-22-17(24)13-4-5-15-11(8-13)6-7-21-15/h1-9,16,18,21,23H,10H2,(H,22,24). The van der Waals surface area contributed by atoms with Gasteiger partial charge >= 0.3 is 6.61 Å². The first-order valence-corrected chi connectivity index (χ1v) is 7.61. The molecule has 25 heavy (non-hydrogen) atoms. The van der Waals surface area contributed by atoms with Crippen molar-refractivity contribution in [1.82, 2.24) is 10.3 Å². The molecule has 0 aliphatic heterocycles. The van der Waals surface area contributed by atoms with Gasteiger partial charge < -0.3 is 20.1 Å². The molecule has 0 aliphatic rings. The molecule has 3 N–H and O–H groups in total. The van der Waals surface area contributed by atoms with Gasteiger partial charge in [-0.25, -0.2) is 0 Å². The second kappa shape index (κ2) is 7.31. The maximum absolute atomic E-state index is 12.2. The van der Waals surface area contributed by atoms with Crippen molar-refractivity contribution in [3.63, 3.8) is 0 Å². The van der Waals surface area contributed by atoms with E-state index in [4.69, 9.17) is 0 Å². The van der Waals surface area contributed by atoms with E-state index in [0.29, 0.717) is 11.1 Å². The van der Waals surface area contributed by atoms with Gasteiger partial charge in [-0.1, -0.05) is 12.1 Å². The third kappa shape index (κ3) is 4.13. The van der Waals surface area contributed by atoms with Gasteiger partial charge in [-0.2, -0.15) is 8.78 Å². The van der Waals surface area contributed by atoms with E-state index in [1.165, 1.54) is 18.2 Å². The Bertz CT molecular complexity index is 879. The second-order valence-electron chi connectivity index (χ2n) is 5.46. The number of halogens is 2. The van der Waals surface area contributed by atoms with Crippen LogP contribution in [0.3, 0.4) is 0 Å². The zero-order valence-corrected chi connectivity index (χ0v) is 13.1. The number of amides is 1. The third-order valence-electron chi connectivity index (χ3n) is 3.74. The van der Waals surface area contributed by atoms with Gasteiger partial charge in [0.1, 0.15) is 5.75 Å². The van der Waals surface area contributed by atoms with Crippen molar-refractivity contribution in [2.24, 2.45) is 0 Å². The topological polar surface area (TPSA) is 74.3 Å². The molecule has 0 fully saturated rings. The number of rotatable bonds is 6. The van der Waals surface area contributed by atoms with E-state index in [9.17, 15) is 18.7 Å². The average molecular weight is 346 g/mol. The molecule has 0 radical (unpaired) electrons. The summed E-state index contributed by atoms with van der Waals surface area (Å²) in [5.41, 5.74) is 1.76. The summed E-state index contributed by atoms with van der Waals surface area (Å²) in [6, 6.07) is 12.8. The number of alkyl halides is 2. The van der Waals surface area contributed by atoms with Crippen LogP contribution in [-0.4, -0.2) is 29.2 Å². The lowest BCUT2D eigenvalue weighted by molar-refractivity contribution is -0.0499. The van der Waals surface area contributed by atoms with Gasteiger partial charge in [0.2, 0.25) is 0 Å². The van der Waals surface area contributed by atoms with E-state index in [1.54, 1.807) is 30.5 Å². The lowest BCUT2D eigenvalue weighted by Crippen LogP contribution is -2.28. The van der Waals surface area contributed by atoms with Crippen molar-refractivity contribution in [3.8, 4) is 5.75 Å². The maximum Gasteiger partial charge on any atom is 0.387 e. The van der Waals surface area contributed by atoms with E-state index in [1.807, 2.05) is 6.07 Å². The van der Waals surface area contributed by atoms with Gasteiger partial charge in [-0.15, -0.1) is 0 Å². The molecule has 0 aliphatic carbocycles. The second-order valence-corrected chi connectivity index (χ2v) is 5.46. The monoisotopic (exact) mass is 346 g/mol. The number of H-pyrrole nitrogens is 1. The number of aliphatic hydroxyl groups excluding tert-OH is 1. The van der Waals surface area contributed by atoms with Crippen LogP contribution in [0.15, 0.2) is 54.7 Å². The Morgan fingerprint density at radius 3 is 2.84 bits per heavy atom.